The van der Waals surface area contributed by atoms with Crippen LogP contribution in [-0.2, 0) is 10.0 Å². The van der Waals surface area contributed by atoms with Gasteiger partial charge in [0.15, 0.2) is 5.03 Å². The van der Waals surface area contributed by atoms with Gasteiger partial charge in [-0.25, -0.2) is 14.5 Å². The number of nitrogens with one attached hydrogen (secondary N) is 2. The molecule has 0 unspecified atom stereocenters. The lowest BCUT2D eigenvalue weighted by Crippen LogP contribution is -2.35. The Bertz CT molecular complexity index is 865. The van der Waals surface area contributed by atoms with E-state index in [4.69, 9.17) is 0 Å². The van der Waals surface area contributed by atoms with E-state index in [1.54, 1.807) is 0 Å². The normalized spacial score (nSPS) is 11.7. The highest BCUT2D eigenvalue weighted by molar-refractivity contribution is 7.90. The van der Waals surface area contributed by atoms with Crippen LogP contribution in [0.1, 0.15) is 56.2 Å². The summed E-state index contributed by atoms with van der Waals surface area (Å²) in [6.45, 7) is 10.1. The van der Waals surface area contributed by atoms with Crippen LogP contribution in [0.25, 0.3) is 0 Å². The predicted molar refractivity (Wildman–Crippen MR) is 101 cm³/mol. The number of aryl methyl sites for hydroxylation is 1. The molecule has 2 N–H and O–H groups in total. The summed E-state index contributed by atoms with van der Waals surface area (Å²) in [6.07, 6.45) is 3.69. The Hall–Kier alpha value is -2.48. The molecule has 2 aromatic rings. The third-order valence-corrected chi connectivity index (χ3v) is 5.08. The molecule has 0 atom stereocenters. The topological polar surface area (TPSA) is 101 Å². The van der Waals surface area contributed by atoms with E-state index in [0.717, 1.165) is 22.9 Å². The van der Waals surface area contributed by atoms with E-state index in [-0.39, 0.29) is 16.9 Å². The van der Waals surface area contributed by atoms with E-state index in [2.05, 4.69) is 15.3 Å². The van der Waals surface area contributed by atoms with Gasteiger partial charge in [0.1, 0.15) is 0 Å². The summed E-state index contributed by atoms with van der Waals surface area (Å²) < 4.78 is 26.5. The second-order valence-corrected chi connectivity index (χ2v) is 8.36. The van der Waals surface area contributed by atoms with Gasteiger partial charge in [-0.2, -0.15) is 8.42 Å². The van der Waals surface area contributed by atoms with Crippen LogP contribution in [0.4, 0.5) is 10.5 Å². The lowest BCUT2D eigenvalue weighted by atomic mass is 9.90. The largest absolute Gasteiger partial charge is 0.333 e. The molecule has 1 aromatic heterocycles. The van der Waals surface area contributed by atoms with Gasteiger partial charge in [0.2, 0.25) is 0 Å². The summed E-state index contributed by atoms with van der Waals surface area (Å²) in [5, 5.41) is 2.40. The van der Waals surface area contributed by atoms with Gasteiger partial charge in [0.25, 0.3) is 10.0 Å². The highest BCUT2D eigenvalue weighted by atomic mass is 32.2. The molecule has 140 valence electrons. The summed E-state index contributed by atoms with van der Waals surface area (Å²) in [6, 6.07) is 3.18. The number of urea groups is 1. The molecule has 1 heterocycles. The first-order valence-corrected chi connectivity index (χ1v) is 9.84. The van der Waals surface area contributed by atoms with Gasteiger partial charge in [0, 0.05) is 18.1 Å². The van der Waals surface area contributed by atoms with E-state index in [1.165, 1.54) is 12.4 Å². The van der Waals surface area contributed by atoms with Crippen molar-refractivity contribution in [3.8, 4) is 0 Å². The molecule has 0 aliphatic heterocycles. The van der Waals surface area contributed by atoms with Gasteiger partial charge in [-0.05, 0) is 29.9 Å². The van der Waals surface area contributed by atoms with Gasteiger partial charge >= 0.3 is 6.03 Å². The Kier molecular flexibility index (Phi) is 5.97. The zero-order chi connectivity index (χ0) is 19.5. The van der Waals surface area contributed by atoms with Crippen LogP contribution in [0.5, 0.6) is 0 Å². The van der Waals surface area contributed by atoms with Gasteiger partial charge < -0.3 is 5.32 Å². The maximum absolute atomic E-state index is 12.4. The minimum Gasteiger partial charge on any atom is -0.307 e. The van der Waals surface area contributed by atoms with Crippen LogP contribution < -0.4 is 10.0 Å². The number of nitrogens with zero attached hydrogens (tertiary/aromatic N) is 2. The SMILES string of the molecule is Cc1cc(C(C)C)c(NC(=O)NS(=O)(=O)c2cnccn2)c(C(C)C)c1. The zero-order valence-electron chi connectivity index (χ0n) is 15.6. The average Bonchev–Trinajstić information content (AvgIpc) is 2.56. The number of carbonyl (C=O) groups is 1. The van der Waals surface area contributed by atoms with E-state index < -0.39 is 16.1 Å². The summed E-state index contributed by atoms with van der Waals surface area (Å²) in [7, 11) is -4.09. The van der Waals surface area contributed by atoms with E-state index in [0.29, 0.717) is 5.69 Å². The van der Waals surface area contributed by atoms with Crippen molar-refractivity contribution in [1.82, 2.24) is 14.7 Å². The third-order valence-electron chi connectivity index (χ3n) is 3.87. The molecule has 2 rings (SSSR count). The first-order chi connectivity index (χ1) is 12.1. The van der Waals surface area contributed by atoms with E-state index in [9.17, 15) is 13.2 Å². The lowest BCUT2D eigenvalue weighted by Gasteiger charge is -2.21. The number of rotatable bonds is 5. The van der Waals surface area contributed by atoms with Crippen molar-refractivity contribution in [2.24, 2.45) is 0 Å². The van der Waals surface area contributed by atoms with Crippen LogP contribution in [0.15, 0.2) is 35.7 Å². The molecule has 0 aliphatic rings. The Morgan fingerprint density at radius 3 is 2.08 bits per heavy atom. The maximum atomic E-state index is 12.4. The molecule has 0 saturated carbocycles. The number of aromatic nitrogens is 2. The number of amides is 2. The molecule has 2 amide bonds. The molecule has 0 aliphatic carbocycles. The molecule has 26 heavy (non-hydrogen) atoms. The highest BCUT2D eigenvalue weighted by Gasteiger charge is 2.22. The third kappa shape index (κ3) is 4.57. The number of sulfonamides is 1. The zero-order valence-corrected chi connectivity index (χ0v) is 16.4. The van der Waals surface area contributed by atoms with Gasteiger partial charge in [0.05, 0.1) is 6.20 Å². The molecule has 1 aromatic carbocycles. The van der Waals surface area contributed by atoms with Crippen molar-refractivity contribution >= 4 is 21.7 Å². The van der Waals surface area contributed by atoms with Crippen molar-refractivity contribution in [3.05, 3.63) is 47.4 Å². The number of benzene rings is 1. The summed E-state index contributed by atoms with van der Waals surface area (Å²) in [5.74, 6) is 0.332. The number of hydrogen-bond acceptors (Lipinski definition) is 5. The van der Waals surface area contributed by atoms with Crippen molar-refractivity contribution in [2.45, 2.75) is 51.5 Å². The first kappa shape index (κ1) is 19.8. The van der Waals surface area contributed by atoms with Crippen LogP contribution in [-0.4, -0.2) is 24.4 Å². The summed E-state index contributed by atoms with van der Waals surface area (Å²) in [4.78, 5) is 19.8. The van der Waals surface area contributed by atoms with Crippen LogP contribution in [0.2, 0.25) is 0 Å². The Labute approximate surface area is 154 Å². The quantitative estimate of drug-likeness (QED) is 0.831. The summed E-state index contributed by atoms with van der Waals surface area (Å²) in [5.41, 5.74) is 3.66. The summed E-state index contributed by atoms with van der Waals surface area (Å²) >= 11 is 0. The molecule has 8 heteroatoms. The van der Waals surface area contributed by atoms with Gasteiger partial charge in [-0.1, -0.05) is 45.4 Å². The van der Waals surface area contributed by atoms with Crippen molar-refractivity contribution < 1.29 is 13.2 Å². The van der Waals surface area contributed by atoms with Crippen molar-refractivity contribution in [1.29, 1.82) is 0 Å². The monoisotopic (exact) mass is 376 g/mol. The molecule has 0 spiro atoms. The maximum Gasteiger partial charge on any atom is 0.333 e. The van der Waals surface area contributed by atoms with Crippen LogP contribution in [0, 0.1) is 6.92 Å². The number of anilines is 1. The Morgan fingerprint density at radius 1 is 1.04 bits per heavy atom. The van der Waals surface area contributed by atoms with Gasteiger partial charge in [-0.3, -0.25) is 4.98 Å². The van der Waals surface area contributed by atoms with Crippen LogP contribution >= 0.6 is 0 Å². The van der Waals surface area contributed by atoms with Crippen LogP contribution in [0.3, 0.4) is 0 Å². The molecule has 0 radical (unpaired) electrons. The van der Waals surface area contributed by atoms with E-state index >= 15 is 0 Å². The van der Waals surface area contributed by atoms with Gasteiger partial charge in [-0.15, -0.1) is 0 Å². The predicted octanol–water partition coefficient (Wildman–Crippen LogP) is 3.54. The fraction of sp³-hybridized carbons (Fsp3) is 0.389. The minimum absolute atomic E-state index is 0.166. The highest BCUT2D eigenvalue weighted by Crippen LogP contribution is 2.33. The molecule has 0 fully saturated rings. The lowest BCUT2D eigenvalue weighted by molar-refractivity contribution is 0.256. The second-order valence-electron chi connectivity index (χ2n) is 6.73. The smallest absolute Gasteiger partial charge is 0.307 e. The molecule has 0 saturated heterocycles. The fourth-order valence-electron chi connectivity index (χ4n) is 2.64. The first-order valence-electron chi connectivity index (χ1n) is 8.36. The Balaban J connectivity index is 2.34. The van der Waals surface area contributed by atoms with Crippen molar-refractivity contribution in [3.63, 3.8) is 0 Å². The standard InChI is InChI=1S/C18H24N4O3S/c1-11(2)14-8-13(5)9-15(12(3)4)17(14)21-18(23)22-26(24,25)16-10-19-6-7-20-16/h6-12H,1-5H3,(H2,21,22,23). The fourth-order valence-corrected chi connectivity index (χ4v) is 3.43. The minimum atomic E-state index is -4.09. The Morgan fingerprint density at radius 2 is 1.62 bits per heavy atom. The molecule has 7 nitrogen and oxygen atoms in total. The second kappa shape index (κ2) is 7.82. The average molecular weight is 376 g/mol. The molecular weight excluding hydrogens is 352 g/mol. The number of hydrogen-bond donors (Lipinski definition) is 2. The van der Waals surface area contributed by atoms with Crippen molar-refractivity contribution in [2.75, 3.05) is 5.32 Å². The number of carbonyl (C=O) groups excluding carboxylic acids is 1. The van der Waals surface area contributed by atoms with E-state index in [1.807, 2.05) is 51.5 Å². The molecular formula is C18H24N4O3S. The molecule has 0 bridgehead atoms.